The van der Waals surface area contributed by atoms with Gasteiger partial charge in [-0.3, -0.25) is 19.2 Å². The zero-order valence-electron chi connectivity index (χ0n) is 27.9. The zero-order chi connectivity index (χ0) is 34.5. The van der Waals surface area contributed by atoms with Gasteiger partial charge in [0.05, 0.1) is 11.4 Å². The Balaban J connectivity index is 1.19. The number of amides is 3. The summed E-state index contributed by atoms with van der Waals surface area (Å²) in [5.74, 6) is -0.503. The third kappa shape index (κ3) is 8.23. The van der Waals surface area contributed by atoms with Crippen LogP contribution in [0.3, 0.4) is 0 Å². The van der Waals surface area contributed by atoms with E-state index in [0.717, 1.165) is 62.1 Å². The van der Waals surface area contributed by atoms with E-state index in [4.69, 9.17) is 16.0 Å². The lowest BCUT2D eigenvalue weighted by molar-refractivity contribution is -0.133. The molecule has 1 aromatic heterocycles. The van der Waals surface area contributed by atoms with Crippen molar-refractivity contribution < 1.29 is 18.8 Å². The average Bonchev–Trinajstić information content (AvgIpc) is 3.10. The monoisotopic (exact) mass is 680 g/mol. The second kappa shape index (κ2) is 15.1. The quantitative estimate of drug-likeness (QED) is 0.202. The summed E-state index contributed by atoms with van der Waals surface area (Å²) in [5.41, 5.74) is 5.03. The Morgan fingerprint density at radius 2 is 1.71 bits per heavy atom. The van der Waals surface area contributed by atoms with E-state index < -0.39 is 5.91 Å². The molecule has 6 rings (SSSR count). The van der Waals surface area contributed by atoms with Crippen LogP contribution in [0.25, 0.3) is 11.0 Å². The Morgan fingerprint density at radius 3 is 2.45 bits per heavy atom. The van der Waals surface area contributed by atoms with E-state index in [-0.39, 0.29) is 40.0 Å². The Labute approximate surface area is 291 Å². The molecule has 0 aliphatic carbocycles. The van der Waals surface area contributed by atoms with Crippen LogP contribution in [-0.4, -0.2) is 55.3 Å². The number of halogens is 1. The first-order valence-corrected chi connectivity index (χ1v) is 17.2. The first-order valence-electron chi connectivity index (χ1n) is 16.8. The summed E-state index contributed by atoms with van der Waals surface area (Å²) in [5, 5.41) is 4.02. The molecular formula is C39H41ClN4O5. The maximum Gasteiger partial charge on any atom is 0.287 e. The lowest BCUT2D eigenvalue weighted by Gasteiger charge is -2.34. The fraction of sp³-hybridized carbons (Fsp3) is 0.333. The molecule has 0 unspecified atom stereocenters. The molecule has 49 heavy (non-hydrogen) atoms. The minimum atomic E-state index is -0.488. The molecule has 2 aliphatic rings. The van der Waals surface area contributed by atoms with E-state index in [0.29, 0.717) is 30.1 Å². The molecule has 4 aromatic rings. The minimum Gasteiger partial charge on any atom is -0.451 e. The summed E-state index contributed by atoms with van der Waals surface area (Å²) in [7, 11) is 1.63. The average molecular weight is 681 g/mol. The highest BCUT2D eigenvalue weighted by Crippen LogP contribution is 2.29. The van der Waals surface area contributed by atoms with Crippen molar-refractivity contribution in [2.75, 3.05) is 36.5 Å². The number of carbonyl (C=O) groups excluding carboxylic acids is 3. The van der Waals surface area contributed by atoms with Gasteiger partial charge < -0.3 is 24.4 Å². The lowest BCUT2D eigenvalue weighted by atomic mass is 9.97. The van der Waals surface area contributed by atoms with Gasteiger partial charge in [0.25, 0.3) is 5.91 Å². The van der Waals surface area contributed by atoms with Crippen LogP contribution in [0.1, 0.15) is 60.7 Å². The second-order valence-electron chi connectivity index (χ2n) is 12.9. The molecule has 3 amide bonds. The van der Waals surface area contributed by atoms with Gasteiger partial charge in [0, 0.05) is 69.0 Å². The number of hydrogen-bond donors (Lipinski definition) is 1. The highest BCUT2D eigenvalue weighted by atomic mass is 35.5. The Morgan fingerprint density at radius 1 is 0.959 bits per heavy atom. The van der Waals surface area contributed by atoms with Gasteiger partial charge >= 0.3 is 0 Å². The highest BCUT2D eigenvalue weighted by Gasteiger charge is 2.23. The maximum absolute atomic E-state index is 13.6. The Hall–Kier alpha value is -4.89. The van der Waals surface area contributed by atoms with Crippen molar-refractivity contribution in [3.05, 3.63) is 117 Å². The van der Waals surface area contributed by atoms with Crippen molar-refractivity contribution >= 4 is 51.7 Å². The number of likely N-dealkylation sites (tertiary alicyclic amines) is 1. The van der Waals surface area contributed by atoms with Crippen LogP contribution in [0.15, 0.2) is 93.7 Å². The first kappa shape index (κ1) is 34.0. The lowest BCUT2D eigenvalue weighted by Crippen LogP contribution is -2.37. The number of piperidine rings is 2. The van der Waals surface area contributed by atoms with Gasteiger partial charge in [0.15, 0.2) is 11.2 Å². The predicted octanol–water partition coefficient (Wildman–Crippen LogP) is 6.51. The van der Waals surface area contributed by atoms with Crippen LogP contribution >= 0.6 is 11.6 Å². The molecule has 10 heteroatoms. The SMILES string of the molecule is CC(=O)N(C)c1ccc2oc(C(=O)N[C@@H](C=C3CCN(c4ccccc4CN4CCCCC4=O)CC3)Cc3ccc(Cl)cc3)cc(=O)c2c1. The van der Waals surface area contributed by atoms with Gasteiger partial charge in [0.2, 0.25) is 11.8 Å². The van der Waals surface area contributed by atoms with Gasteiger partial charge in [-0.1, -0.05) is 53.6 Å². The van der Waals surface area contributed by atoms with Crippen LogP contribution in [0.2, 0.25) is 5.02 Å². The summed E-state index contributed by atoms with van der Waals surface area (Å²) < 4.78 is 5.91. The van der Waals surface area contributed by atoms with E-state index in [1.54, 1.807) is 25.2 Å². The van der Waals surface area contributed by atoms with Crippen molar-refractivity contribution in [2.45, 2.75) is 58.0 Å². The van der Waals surface area contributed by atoms with Crippen LogP contribution in [0.4, 0.5) is 11.4 Å². The van der Waals surface area contributed by atoms with Gasteiger partial charge in [-0.2, -0.15) is 0 Å². The number of para-hydroxylation sites is 1. The molecule has 3 aromatic carbocycles. The van der Waals surface area contributed by atoms with E-state index in [1.165, 1.54) is 23.5 Å². The maximum atomic E-state index is 13.6. The Bertz CT molecular complexity index is 1940. The van der Waals surface area contributed by atoms with Crippen molar-refractivity contribution in [3.63, 3.8) is 0 Å². The second-order valence-corrected chi connectivity index (χ2v) is 13.3. The van der Waals surface area contributed by atoms with Crippen LogP contribution in [0.5, 0.6) is 0 Å². The molecule has 2 aliphatic heterocycles. The Kier molecular flexibility index (Phi) is 10.5. The van der Waals surface area contributed by atoms with Crippen molar-refractivity contribution in [3.8, 4) is 0 Å². The summed E-state index contributed by atoms with van der Waals surface area (Å²) in [6.45, 7) is 4.52. The summed E-state index contributed by atoms with van der Waals surface area (Å²) in [6, 6.07) is 21.6. The van der Waals surface area contributed by atoms with Crippen LogP contribution in [0, 0.1) is 0 Å². The molecule has 254 valence electrons. The van der Waals surface area contributed by atoms with Gasteiger partial charge in [-0.05, 0) is 79.6 Å². The normalized spacial score (nSPS) is 15.7. The molecule has 9 nitrogen and oxygen atoms in total. The molecule has 1 N–H and O–H groups in total. The number of fused-ring (bicyclic) bond motifs is 1. The fourth-order valence-corrected chi connectivity index (χ4v) is 6.71. The molecule has 2 saturated heterocycles. The smallest absolute Gasteiger partial charge is 0.287 e. The number of anilines is 2. The molecule has 0 saturated carbocycles. The topological polar surface area (TPSA) is 103 Å². The molecule has 1 atom stereocenters. The van der Waals surface area contributed by atoms with Crippen molar-refractivity contribution in [1.82, 2.24) is 10.2 Å². The zero-order valence-corrected chi connectivity index (χ0v) is 28.7. The van der Waals surface area contributed by atoms with E-state index in [1.807, 2.05) is 35.2 Å². The fourth-order valence-electron chi connectivity index (χ4n) is 6.59. The molecule has 0 spiro atoms. The third-order valence-corrected chi connectivity index (χ3v) is 9.69. The number of nitrogens with one attached hydrogen (secondary N) is 1. The van der Waals surface area contributed by atoms with E-state index >= 15 is 0 Å². The third-order valence-electron chi connectivity index (χ3n) is 9.44. The summed E-state index contributed by atoms with van der Waals surface area (Å²) in [4.78, 5) is 56.8. The van der Waals surface area contributed by atoms with E-state index in [2.05, 4.69) is 34.5 Å². The number of carbonyl (C=O) groups is 3. The van der Waals surface area contributed by atoms with Crippen molar-refractivity contribution in [2.24, 2.45) is 0 Å². The summed E-state index contributed by atoms with van der Waals surface area (Å²) in [6.07, 6.45) is 6.95. The number of nitrogens with zero attached hydrogens (tertiary/aromatic N) is 3. The minimum absolute atomic E-state index is 0.0803. The standard InChI is InChI=1S/C39H41ClN4O5/c1-26(45)42(2)32-14-15-36-33(23-32)35(46)24-37(49-36)39(48)41-31(21-27-10-12-30(40)13-11-27)22-28-16-19-43(20-17-28)34-8-4-3-7-29(34)25-44-18-6-5-9-38(44)47/h3-4,7-8,10-15,22-24,31H,5-6,9,16-21,25H2,1-2H3,(H,41,48)/t31-/m1/s1. The molecule has 0 bridgehead atoms. The number of benzene rings is 3. The number of hydrogen-bond acceptors (Lipinski definition) is 6. The van der Waals surface area contributed by atoms with Gasteiger partial charge in [-0.25, -0.2) is 0 Å². The van der Waals surface area contributed by atoms with Crippen LogP contribution in [-0.2, 0) is 22.6 Å². The van der Waals surface area contributed by atoms with Gasteiger partial charge in [-0.15, -0.1) is 0 Å². The van der Waals surface area contributed by atoms with Crippen molar-refractivity contribution in [1.29, 1.82) is 0 Å². The highest BCUT2D eigenvalue weighted by molar-refractivity contribution is 6.30. The van der Waals surface area contributed by atoms with Crippen LogP contribution < -0.4 is 20.5 Å². The molecule has 0 radical (unpaired) electrons. The van der Waals surface area contributed by atoms with E-state index in [9.17, 15) is 19.2 Å². The predicted molar refractivity (Wildman–Crippen MR) is 193 cm³/mol. The van der Waals surface area contributed by atoms with Gasteiger partial charge in [0.1, 0.15) is 5.58 Å². The summed E-state index contributed by atoms with van der Waals surface area (Å²) >= 11 is 6.14. The largest absolute Gasteiger partial charge is 0.451 e. The molecular weight excluding hydrogens is 640 g/mol. The molecule has 2 fully saturated rings. The number of rotatable bonds is 9. The first-order chi connectivity index (χ1) is 23.6. The molecule has 3 heterocycles.